The van der Waals surface area contributed by atoms with Crippen molar-refractivity contribution < 1.29 is 4.79 Å². The van der Waals surface area contributed by atoms with E-state index in [0.29, 0.717) is 13.0 Å². The van der Waals surface area contributed by atoms with E-state index in [9.17, 15) is 4.79 Å². The number of guanidine groups is 1. The van der Waals surface area contributed by atoms with Crippen molar-refractivity contribution in [1.29, 1.82) is 0 Å². The van der Waals surface area contributed by atoms with E-state index in [4.69, 9.17) is 4.99 Å². The van der Waals surface area contributed by atoms with Gasteiger partial charge in [-0.25, -0.2) is 0 Å². The number of nitrogens with zero attached hydrogens (tertiary/aromatic N) is 4. The van der Waals surface area contributed by atoms with Crippen LogP contribution in [0.3, 0.4) is 0 Å². The minimum atomic E-state index is 0. The third-order valence-electron chi connectivity index (χ3n) is 5.76. The number of hydrogen-bond acceptors (Lipinski definition) is 3. The Kier molecular flexibility index (Phi) is 10.0. The van der Waals surface area contributed by atoms with Crippen LogP contribution in [0.1, 0.15) is 33.1 Å². The summed E-state index contributed by atoms with van der Waals surface area (Å²) in [7, 11) is 0. The molecular weight excluding hydrogens is 477 g/mol. The van der Waals surface area contributed by atoms with Gasteiger partial charge >= 0.3 is 0 Å². The first-order valence-corrected chi connectivity index (χ1v) is 10.8. The van der Waals surface area contributed by atoms with Gasteiger partial charge in [-0.3, -0.25) is 9.79 Å². The van der Waals surface area contributed by atoms with Crippen LogP contribution in [0.15, 0.2) is 35.3 Å². The van der Waals surface area contributed by atoms with E-state index in [0.717, 1.165) is 57.7 Å². The van der Waals surface area contributed by atoms with Gasteiger partial charge in [-0.05, 0) is 37.8 Å². The van der Waals surface area contributed by atoms with Crippen molar-refractivity contribution in [2.24, 2.45) is 10.9 Å². The number of halogens is 1. The first-order valence-electron chi connectivity index (χ1n) is 10.8. The fraction of sp³-hybridized carbons (Fsp3) is 0.636. The number of anilines is 1. The van der Waals surface area contributed by atoms with Crippen LogP contribution < -0.4 is 10.2 Å². The summed E-state index contributed by atoms with van der Waals surface area (Å²) in [4.78, 5) is 24.0. The van der Waals surface area contributed by atoms with Gasteiger partial charge in [-0.15, -0.1) is 24.0 Å². The number of para-hydroxylation sites is 1. The monoisotopic (exact) mass is 513 g/mol. The van der Waals surface area contributed by atoms with Crippen molar-refractivity contribution in [3.05, 3.63) is 30.3 Å². The van der Waals surface area contributed by atoms with Crippen molar-refractivity contribution in [1.82, 2.24) is 15.1 Å². The summed E-state index contributed by atoms with van der Waals surface area (Å²) in [6.07, 6.45) is 2.93. The molecule has 0 bridgehead atoms. The zero-order valence-corrected chi connectivity index (χ0v) is 20.2. The summed E-state index contributed by atoms with van der Waals surface area (Å²) in [5.74, 6) is 1.99. The number of piperidine rings is 1. The third kappa shape index (κ3) is 7.04. The maximum Gasteiger partial charge on any atom is 0.224 e. The molecule has 2 fully saturated rings. The molecular formula is C22H36IN5O. The Morgan fingerprint density at radius 3 is 2.31 bits per heavy atom. The zero-order chi connectivity index (χ0) is 19.8. The number of carbonyl (C=O) groups excluding carboxylic acids is 1. The largest absolute Gasteiger partial charge is 0.368 e. The van der Waals surface area contributed by atoms with Gasteiger partial charge in [0.25, 0.3) is 0 Å². The molecule has 6 nitrogen and oxygen atoms in total. The molecule has 7 heteroatoms. The Labute approximate surface area is 192 Å². The van der Waals surface area contributed by atoms with E-state index in [-0.39, 0.29) is 29.9 Å². The normalized spacial score (nSPS) is 18.4. The van der Waals surface area contributed by atoms with Crippen LogP contribution in [0.25, 0.3) is 0 Å². The average Bonchev–Trinajstić information content (AvgIpc) is 2.74. The first-order chi connectivity index (χ1) is 13.7. The molecule has 0 saturated carbocycles. The maximum atomic E-state index is 12.6. The number of aliphatic imine (C=N–C) groups is 1. The second-order valence-corrected chi connectivity index (χ2v) is 7.86. The molecule has 1 N–H and O–H groups in total. The van der Waals surface area contributed by atoms with Crippen LogP contribution >= 0.6 is 24.0 Å². The topological polar surface area (TPSA) is 51.2 Å². The molecule has 3 rings (SSSR count). The number of hydrogen-bond donors (Lipinski definition) is 1. The van der Waals surface area contributed by atoms with E-state index in [2.05, 4.69) is 53.2 Å². The number of carbonyl (C=O) groups is 1. The fourth-order valence-electron chi connectivity index (χ4n) is 3.91. The summed E-state index contributed by atoms with van der Waals surface area (Å²) >= 11 is 0. The lowest BCUT2D eigenvalue weighted by Crippen LogP contribution is -2.49. The smallest absolute Gasteiger partial charge is 0.224 e. The molecule has 0 aromatic heterocycles. The second-order valence-electron chi connectivity index (χ2n) is 7.86. The molecule has 0 radical (unpaired) electrons. The molecule has 29 heavy (non-hydrogen) atoms. The minimum absolute atomic E-state index is 0. The Hall–Kier alpha value is -1.51. The fourth-order valence-corrected chi connectivity index (χ4v) is 3.91. The summed E-state index contributed by atoms with van der Waals surface area (Å²) < 4.78 is 0. The first kappa shape index (κ1) is 23.8. The number of likely N-dealkylation sites (tertiary alicyclic amines) is 1. The Morgan fingerprint density at radius 2 is 1.69 bits per heavy atom. The summed E-state index contributed by atoms with van der Waals surface area (Å²) in [5, 5.41) is 3.39. The minimum Gasteiger partial charge on any atom is -0.368 e. The van der Waals surface area contributed by atoms with Gasteiger partial charge in [0.1, 0.15) is 0 Å². The van der Waals surface area contributed by atoms with Crippen LogP contribution in [0.5, 0.6) is 0 Å². The summed E-state index contributed by atoms with van der Waals surface area (Å²) in [6, 6.07) is 10.4. The molecule has 162 valence electrons. The molecule has 2 saturated heterocycles. The Morgan fingerprint density at radius 1 is 1.03 bits per heavy atom. The van der Waals surface area contributed by atoms with Crippen LogP contribution in [0.2, 0.25) is 0 Å². The summed E-state index contributed by atoms with van der Waals surface area (Å²) in [6.45, 7) is 11.3. The number of amides is 1. The second kappa shape index (κ2) is 12.2. The highest BCUT2D eigenvalue weighted by Crippen LogP contribution is 2.17. The number of rotatable bonds is 5. The lowest BCUT2D eigenvalue weighted by atomic mass is 10.00. The van der Waals surface area contributed by atoms with Gasteiger partial charge in [-0.1, -0.05) is 25.1 Å². The van der Waals surface area contributed by atoms with Gasteiger partial charge in [0.05, 0.1) is 6.54 Å². The van der Waals surface area contributed by atoms with Crippen molar-refractivity contribution >= 4 is 41.5 Å². The van der Waals surface area contributed by atoms with Crippen LogP contribution in [0.4, 0.5) is 5.69 Å². The van der Waals surface area contributed by atoms with E-state index < -0.39 is 0 Å². The number of piperazine rings is 1. The van der Waals surface area contributed by atoms with E-state index in [1.165, 1.54) is 18.5 Å². The van der Waals surface area contributed by atoms with Crippen molar-refractivity contribution in [2.75, 3.05) is 57.3 Å². The SMILES string of the molecule is CCNC(=NCCC(=O)N1CCN(c2ccccc2)CC1)N1CCC(C)CC1.I. The molecule has 1 amide bonds. The Bertz CT molecular complexity index is 638. The van der Waals surface area contributed by atoms with Crippen LogP contribution in [-0.4, -0.2) is 74.0 Å². The van der Waals surface area contributed by atoms with E-state index in [1.54, 1.807) is 0 Å². The molecule has 2 aliphatic heterocycles. The highest BCUT2D eigenvalue weighted by atomic mass is 127. The standard InChI is InChI=1S/C22H35N5O.HI/c1-3-23-22(27-13-10-19(2)11-14-27)24-12-9-21(28)26-17-15-25(16-18-26)20-7-5-4-6-8-20;/h4-8,19H,3,9-18H2,1-2H3,(H,23,24);1H. The average molecular weight is 513 g/mol. The molecule has 2 heterocycles. The Balaban J connectivity index is 0.00000300. The molecule has 0 atom stereocenters. The lowest BCUT2D eigenvalue weighted by Gasteiger charge is -2.36. The quantitative estimate of drug-likeness (QED) is 0.374. The van der Waals surface area contributed by atoms with Crippen LogP contribution in [-0.2, 0) is 4.79 Å². The number of nitrogens with one attached hydrogen (secondary N) is 1. The maximum absolute atomic E-state index is 12.6. The van der Waals surface area contributed by atoms with Gasteiger partial charge in [0.15, 0.2) is 5.96 Å². The van der Waals surface area contributed by atoms with Gasteiger partial charge < -0.3 is 20.0 Å². The van der Waals surface area contributed by atoms with Crippen molar-refractivity contribution in [3.63, 3.8) is 0 Å². The highest BCUT2D eigenvalue weighted by molar-refractivity contribution is 14.0. The molecule has 1 aromatic rings. The van der Waals surface area contributed by atoms with Gasteiger partial charge in [0, 0.05) is 57.9 Å². The molecule has 0 aliphatic carbocycles. The molecule has 2 aliphatic rings. The van der Waals surface area contributed by atoms with Crippen molar-refractivity contribution in [2.45, 2.75) is 33.1 Å². The zero-order valence-electron chi connectivity index (χ0n) is 17.8. The highest BCUT2D eigenvalue weighted by Gasteiger charge is 2.21. The lowest BCUT2D eigenvalue weighted by molar-refractivity contribution is -0.131. The van der Waals surface area contributed by atoms with Crippen molar-refractivity contribution in [3.8, 4) is 0 Å². The van der Waals surface area contributed by atoms with E-state index >= 15 is 0 Å². The third-order valence-corrected chi connectivity index (χ3v) is 5.76. The van der Waals surface area contributed by atoms with Crippen LogP contribution in [0, 0.1) is 5.92 Å². The van der Waals surface area contributed by atoms with E-state index in [1.807, 2.05) is 11.0 Å². The summed E-state index contributed by atoms with van der Waals surface area (Å²) in [5.41, 5.74) is 1.24. The number of benzene rings is 1. The molecule has 0 spiro atoms. The predicted molar refractivity (Wildman–Crippen MR) is 131 cm³/mol. The molecule has 1 aromatic carbocycles. The van der Waals surface area contributed by atoms with Gasteiger partial charge in [0.2, 0.25) is 5.91 Å². The molecule has 0 unspecified atom stereocenters. The predicted octanol–water partition coefficient (Wildman–Crippen LogP) is 3.04. The van der Waals surface area contributed by atoms with Gasteiger partial charge in [-0.2, -0.15) is 0 Å².